The monoisotopic (exact) mass is 339 g/mol. The molecule has 1 aliphatic rings. The summed E-state index contributed by atoms with van der Waals surface area (Å²) in [6.07, 6.45) is -0.583. The van der Waals surface area contributed by atoms with Gasteiger partial charge in [-0.2, -0.15) is 4.98 Å². The minimum absolute atomic E-state index is 0. The molecule has 1 aromatic heterocycles. The van der Waals surface area contributed by atoms with Crippen LogP contribution in [0, 0.1) is 0 Å². The van der Waals surface area contributed by atoms with Gasteiger partial charge in [0, 0.05) is 7.05 Å². The lowest BCUT2D eigenvalue weighted by atomic mass is 10.1. The number of halogens is 1. The molecule has 0 bridgehead atoms. The fourth-order valence-electron chi connectivity index (χ4n) is 2.36. The topological polar surface area (TPSA) is 107 Å². The van der Waals surface area contributed by atoms with Crippen LogP contribution in [0.3, 0.4) is 0 Å². The minimum Gasteiger partial charge on any atom is -0.477 e. The zero-order valence-electron chi connectivity index (χ0n) is 12.6. The van der Waals surface area contributed by atoms with E-state index in [-0.39, 0.29) is 24.9 Å². The van der Waals surface area contributed by atoms with Gasteiger partial charge >= 0.3 is 0 Å². The number of hydrogen-bond donors (Lipinski definition) is 2. The third-order valence-electron chi connectivity index (χ3n) is 3.42. The molecule has 0 saturated heterocycles. The molecule has 9 heteroatoms. The van der Waals surface area contributed by atoms with Gasteiger partial charge in [0.05, 0.1) is 25.3 Å². The summed E-state index contributed by atoms with van der Waals surface area (Å²) in [4.78, 5) is 18.1. The Bertz CT molecular complexity index is 678. The van der Waals surface area contributed by atoms with Gasteiger partial charge in [-0.25, -0.2) is 0 Å². The van der Waals surface area contributed by atoms with Gasteiger partial charge < -0.3 is 25.2 Å². The Hall–Kier alpha value is -2.32. The van der Waals surface area contributed by atoms with Crippen molar-refractivity contribution in [2.75, 3.05) is 18.5 Å². The molecule has 1 aromatic carbocycles. The first kappa shape index (κ1) is 17.0. The van der Waals surface area contributed by atoms with Crippen LogP contribution in [0.25, 0.3) is 0 Å². The maximum absolute atomic E-state index is 11.9. The Kier molecular flexibility index (Phi) is 5.41. The van der Waals surface area contributed by atoms with Gasteiger partial charge in [0.15, 0.2) is 11.9 Å². The molecule has 2 aromatic rings. The highest BCUT2D eigenvalue weighted by molar-refractivity contribution is 5.85. The number of anilines is 1. The van der Waals surface area contributed by atoms with E-state index < -0.39 is 6.10 Å². The van der Waals surface area contributed by atoms with Crippen molar-refractivity contribution in [3.8, 4) is 5.75 Å². The van der Waals surface area contributed by atoms with Crippen molar-refractivity contribution in [3.05, 3.63) is 36.0 Å². The third-order valence-corrected chi connectivity index (χ3v) is 3.42. The maximum Gasteiger partial charge on any atom is 0.262 e. The van der Waals surface area contributed by atoms with Gasteiger partial charge in [0.25, 0.3) is 5.91 Å². The Morgan fingerprint density at radius 1 is 1.48 bits per heavy atom. The van der Waals surface area contributed by atoms with Crippen LogP contribution in [0.5, 0.6) is 5.75 Å². The van der Waals surface area contributed by atoms with Gasteiger partial charge in [-0.3, -0.25) is 4.79 Å². The van der Waals surface area contributed by atoms with E-state index in [2.05, 4.69) is 15.5 Å². The summed E-state index contributed by atoms with van der Waals surface area (Å²) < 4.78 is 10.8. The van der Waals surface area contributed by atoms with Crippen molar-refractivity contribution in [2.24, 2.45) is 5.73 Å². The zero-order valence-corrected chi connectivity index (χ0v) is 13.4. The molecule has 0 spiro atoms. The number of amides is 1. The smallest absolute Gasteiger partial charge is 0.262 e. The first-order valence-corrected chi connectivity index (χ1v) is 6.95. The highest BCUT2D eigenvalue weighted by Gasteiger charge is 2.30. The van der Waals surface area contributed by atoms with Gasteiger partial charge in [-0.15, -0.1) is 12.4 Å². The average molecular weight is 340 g/mol. The summed E-state index contributed by atoms with van der Waals surface area (Å²) in [7, 11) is 1.59. The molecule has 3 rings (SSSR count). The number of benzene rings is 1. The van der Waals surface area contributed by atoms with E-state index in [0.29, 0.717) is 30.6 Å². The summed E-state index contributed by atoms with van der Waals surface area (Å²) in [5.41, 5.74) is 6.36. The molecule has 0 aliphatic carbocycles. The number of carbonyl (C=O) groups is 1. The molecule has 3 N–H and O–H groups in total. The number of nitrogens with two attached hydrogens (primary N) is 1. The number of likely N-dealkylation sites (N-methyl/N-ethyl adjacent to an activating group) is 1. The molecule has 1 atom stereocenters. The second-order valence-electron chi connectivity index (χ2n) is 4.88. The molecule has 1 unspecified atom stereocenters. The molecular weight excluding hydrogens is 322 g/mol. The molecule has 1 aliphatic heterocycles. The summed E-state index contributed by atoms with van der Waals surface area (Å²) in [5.74, 6) is 1.40. The van der Waals surface area contributed by atoms with Crippen LogP contribution in [0.4, 0.5) is 5.69 Å². The number of para-hydroxylation sites is 2. The van der Waals surface area contributed by atoms with Crippen molar-refractivity contribution >= 4 is 24.0 Å². The number of nitrogens with zero attached hydrogens (tertiary/aromatic N) is 3. The van der Waals surface area contributed by atoms with E-state index in [1.807, 2.05) is 29.2 Å². The number of aromatic nitrogens is 2. The number of carbonyl (C=O) groups excluding carboxylic acids is 1. The molecule has 1 amide bonds. The summed E-state index contributed by atoms with van der Waals surface area (Å²) in [5, 5.41) is 6.50. The SMILES string of the molecule is CNC(=O)C1CN(Cc2noc(CN)n2)c2ccccc2O1.Cl. The zero-order chi connectivity index (χ0) is 15.5. The standard InChI is InChI=1S/C14H17N5O3.ClH/c1-16-14(20)11-7-19(8-12-17-13(6-15)22-18-12)9-4-2-3-5-10(9)21-11;/h2-5,11H,6-8,15H2,1H3,(H,16,20);1H. The van der Waals surface area contributed by atoms with Gasteiger partial charge in [-0.1, -0.05) is 17.3 Å². The summed E-state index contributed by atoms with van der Waals surface area (Å²) >= 11 is 0. The van der Waals surface area contributed by atoms with E-state index in [9.17, 15) is 4.79 Å². The fourth-order valence-corrected chi connectivity index (χ4v) is 2.36. The van der Waals surface area contributed by atoms with Crippen molar-refractivity contribution in [1.29, 1.82) is 0 Å². The van der Waals surface area contributed by atoms with Crippen molar-refractivity contribution in [3.63, 3.8) is 0 Å². The normalized spacial score (nSPS) is 16.1. The van der Waals surface area contributed by atoms with Crippen LogP contribution >= 0.6 is 12.4 Å². The minimum atomic E-state index is -0.583. The summed E-state index contributed by atoms with van der Waals surface area (Å²) in [6, 6.07) is 7.54. The molecule has 0 saturated carbocycles. The molecule has 23 heavy (non-hydrogen) atoms. The van der Waals surface area contributed by atoms with Gasteiger partial charge in [0.1, 0.15) is 5.75 Å². The Morgan fingerprint density at radius 2 is 2.26 bits per heavy atom. The highest BCUT2D eigenvalue weighted by Crippen LogP contribution is 2.33. The average Bonchev–Trinajstić information content (AvgIpc) is 3.01. The Balaban J connectivity index is 0.00000192. The Labute approximate surface area is 139 Å². The molecule has 124 valence electrons. The lowest BCUT2D eigenvalue weighted by Crippen LogP contribution is -2.48. The molecule has 0 fully saturated rings. The van der Waals surface area contributed by atoms with Crippen molar-refractivity contribution in [2.45, 2.75) is 19.2 Å². The van der Waals surface area contributed by atoms with Crippen LogP contribution < -0.4 is 20.7 Å². The second kappa shape index (κ2) is 7.30. The Morgan fingerprint density at radius 3 is 2.96 bits per heavy atom. The summed E-state index contributed by atoms with van der Waals surface area (Å²) in [6.45, 7) is 1.02. The number of fused-ring (bicyclic) bond motifs is 1. The van der Waals surface area contributed by atoms with Crippen LogP contribution in [0.1, 0.15) is 11.7 Å². The van der Waals surface area contributed by atoms with E-state index in [0.717, 1.165) is 5.69 Å². The first-order valence-electron chi connectivity index (χ1n) is 6.95. The van der Waals surface area contributed by atoms with Crippen LogP contribution in [0.2, 0.25) is 0 Å². The largest absolute Gasteiger partial charge is 0.477 e. The van der Waals surface area contributed by atoms with E-state index in [1.54, 1.807) is 7.05 Å². The first-order chi connectivity index (χ1) is 10.7. The maximum atomic E-state index is 11.9. The van der Waals surface area contributed by atoms with Crippen molar-refractivity contribution in [1.82, 2.24) is 15.5 Å². The molecule has 0 radical (unpaired) electrons. The molecular formula is C14H18ClN5O3. The van der Waals surface area contributed by atoms with E-state index in [4.69, 9.17) is 15.0 Å². The number of ether oxygens (including phenoxy) is 1. The number of rotatable bonds is 4. The quantitative estimate of drug-likeness (QED) is 0.833. The highest BCUT2D eigenvalue weighted by atomic mass is 35.5. The fraction of sp³-hybridized carbons (Fsp3) is 0.357. The van der Waals surface area contributed by atoms with Gasteiger partial charge in [0.2, 0.25) is 5.89 Å². The predicted molar refractivity (Wildman–Crippen MR) is 85.4 cm³/mol. The van der Waals surface area contributed by atoms with Crippen LogP contribution in [-0.2, 0) is 17.9 Å². The third kappa shape index (κ3) is 3.54. The van der Waals surface area contributed by atoms with Gasteiger partial charge in [-0.05, 0) is 12.1 Å². The van der Waals surface area contributed by atoms with E-state index in [1.165, 1.54) is 0 Å². The lowest BCUT2D eigenvalue weighted by molar-refractivity contribution is -0.127. The van der Waals surface area contributed by atoms with Crippen molar-refractivity contribution < 1.29 is 14.1 Å². The molecule has 8 nitrogen and oxygen atoms in total. The lowest BCUT2D eigenvalue weighted by Gasteiger charge is -2.34. The number of hydrogen-bond acceptors (Lipinski definition) is 7. The molecule has 2 heterocycles. The predicted octanol–water partition coefficient (Wildman–Crippen LogP) is 0.464. The second-order valence-corrected chi connectivity index (χ2v) is 4.88. The van der Waals surface area contributed by atoms with E-state index >= 15 is 0 Å². The van der Waals surface area contributed by atoms with Crippen LogP contribution in [0.15, 0.2) is 28.8 Å². The number of nitrogens with one attached hydrogen (secondary N) is 1. The van der Waals surface area contributed by atoms with Crippen LogP contribution in [-0.4, -0.2) is 35.7 Å².